The molecule has 1 heterocycles. The lowest BCUT2D eigenvalue weighted by Crippen LogP contribution is -2.28. The third kappa shape index (κ3) is 4.53. The fourth-order valence-electron chi connectivity index (χ4n) is 2.84. The number of amides is 1. The third-order valence-electron chi connectivity index (χ3n) is 4.16. The van der Waals surface area contributed by atoms with Crippen molar-refractivity contribution in [3.8, 4) is 0 Å². The number of methoxy groups -OCH3 is 1. The Hall–Kier alpha value is -1.43. The third-order valence-corrected chi connectivity index (χ3v) is 4.16. The molecule has 0 aromatic heterocycles. The maximum absolute atomic E-state index is 11.8. The van der Waals surface area contributed by atoms with Gasteiger partial charge >= 0.3 is 0 Å². The van der Waals surface area contributed by atoms with Gasteiger partial charge in [-0.15, -0.1) is 0 Å². The first kappa shape index (κ1) is 16.9. The largest absolute Gasteiger partial charge is 0.391 e. The van der Waals surface area contributed by atoms with Crippen LogP contribution in [0.1, 0.15) is 17.5 Å². The van der Waals surface area contributed by atoms with Gasteiger partial charge in [0.05, 0.1) is 12.7 Å². The zero-order valence-corrected chi connectivity index (χ0v) is 13.7. The zero-order chi connectivity index (χ0) is 16.1. The fourth-order valence-corrected chi connectivity index (χ4v) is 2.84. The van der Waals surface area contributed by atoms with E-state index in [4.69, 9.17) is 4.74 Å². The molecule has 22 heavy (non-hydrogen) atoms. The molecule has 1 aliphatic heterocycles. The van der Waals surface area contributed by atoms with Gasteiger partial charge in [0.25, 0.3) is 0 Å². The molecule has 1 aromatic rings. The molecule has 1 fully saturated rings. The molecule has 1 saturated heterocycles. The number of aliphatic hydroxyl groups excluding tert-OH is 1. The number of aliphatic hydroxyl groups is 1. The average molecular weight is 306 g/mol. The Labute approximate surface area is 132 Å². The Morgan fingerprint density at radius 2 is 1.91 bits per heavy atom. The Balaban J connectivity index is 1.88. The monoisotopic (exact) mass is 306 g/mol. The summed E-state index contributed by atoms with van der Waals surface area (Å²) in [5.41, 5.74) is 2.37. The van der Waals surface area contributed by atoms with Crippen LogP contribution in [-0.2, 0) is 22.7 Å². The van der Waals surface area contributed by atoms with Crippen molar-refractivity contribution in [2.24, 2.45) is 5.92 Å². The number of hydrogen-bond donors (Lipinski definition) is 1. The van der Waals surface area contributed by atoms with Crippen LogP contribution in [0.4, 0.5) is 0 Å². The lowest BCUT2D eigenvalue weighted by Gasteiger charge is -2.17. The van der Waals surface area contributed by atoms with E-state index < -0.39 is 6.10 Å². The van der Waals surface area contributed by atoms with Gasteiger partial charge in [-0.1, -0.05) is 24.3 Å². The van der Waals surface area contributed by atoms with E-state index in [-0.39, 0.29) is 11.8 Å². The van der Waals surface area contributed by atoms with Crippen molar-refractivity contribution < 1.29 is 14.6 Å². The maximum atomic E-state index is 11.8. The minimum Gasteiger partial charge on any atom is -0.391 e. The minimum absolute atomic E-state index is 0.0302. The highest BCUT2D eigenvalue weighted by Crippen LogP contribution is 2.23. The molecule has 1 aromatic carbocycles. The average Bonchev–Trinajstić information content (AvgIpc) is 2.81. The number of hydrogen-bond acceptors (Lipinski definition) is 4. The molecule has 2 atom stereocenters. The molecule has 0 saturated carbocycles. The van der Waals surface area contributed by atoms with Gasteiger partial charge < -0.3 is 14.7 Å². The van der Waals surface area contributed by atoms with E-state index in [1.54, 1.807) is 26.1 Å². The summed E-state index contributed by atoms with van der Waals surface area (Å²) < 4.78 is 5.11. The summed E-state index contributed by atoms with van der Waals surface area (Å²) in [6, 6.07) is 8.33. The Morgan fingerprint density at radius 3 is 2.50 bits per heavy atom. The van der Waals surface area contributed by atoms with Gasteiger partial charge in [0.15, 0.2) is 0 Å². The SMILES string of the molecule is COCc1ccc(CN2C[C@@H](CC(=O)N(C)C)[C@H](O)C2)cc1. The van der Waals surface area contributed by atoms with Crippen LogP contribution in [0.5, 0.6) is 0 Å². The lowest BCUT2D eigenvalue weighted by atomic mass is 10.0. The molecule has 5 nitrogen and oxygen atoms in total. The van der Waals surface area contributed by atoms with E-state index in [9.17, 15) is 9.90 Å². The van der Waals surface area contributed by atoms with Crippen LogP contribution in [0, 0.1) is 5.92 Å². The highest BCUT2D eigenvalue weighted by molar-refractivity contribution is 5.75. The van der Waals surface area contributed by atoms with Gasteiger partial charge in [0.2, 0.25) is 5.91 Å². The summed E-state index contributed by atoms with van der Waals surface area (Å²) in [6.45, 7) is 2.82. The van der Waals surface area contributed by atoms with Crippen LogP contribution in [0.3, 0.4) is 0 Å². The van der Waals surface area contributed by atoms with Gasteiger partial charge in [-0.3, -0.25) is 9.69 Å². The standard InChI is InChI=1S/C17H26N2O3/c1-18(2)17(21)8-15-10-19(11-16(15)20)9-13-4-6-14(7-5-13)12-22-3/h4-7,15-16,20H,8-12H2,1-3H3/t15-,16-/m1/s1. The second-order valence-corrected chi connectivity index (χ2v) is 6.26. The molecule has 0 spiro atoms. The lowest BCUT2D eigenvalue weighted by molar-refractivity contribution is -0.130. The predicted molar refractivity (Wildman–Crippen MR) is 85.2 cm³/mol. The fraction of sp³-hybridized carbons (Fsp3) is 0.588. The first-order valence-corrected chi connectivity index (χ1v) is 7.67. The van der Waals surface area contributed by atoms with Crippen LogP contribution >= 0.6 is 0 Å². The smallest absolute Gasteiger partial charge is 0.222 e. The summed E-state index contributed by atoms with van der Waals surface area (Å²) >= 11 is 0. The van der Waals surface area contributed by atoms with E-state index in [1.807, 2.05) is 0 Å². The molecular weight excluding hydrogens is 280 g/mol. The van der Waals surface area contributed by atoms with E-state index >= 15 is 0 Å². The number of likely N-dealkylation sites (tertiary alicyclic amines) is 1. The summed E-state index contributed by atoms with van der Waals surface area (Å²) in [5.74, 6) is 0.109. The number of rotatable bonds is 6. The number of nitrogens with zero attached hydrogens (tertiary/aromatic N) is 2. The Kier molecular flexibility index (Phi) is 5.94. The van der Waals surface area contributed by atoms with Gasteiger partial charge in [-0.25, -0.2) is 0 Å². The molecule has 122 valence electrons. The molecule has 2 rings (SSSR count). The second kappa shape index (κ2) is 7.72. The predicted octanol–water partition coefficient (Wildman–Crippen LogP) is 1.10. The van der Waals surface area contributed by atoms with Crippen molar-refractivity contribution in [3.05, 3.63) is 35.4 Å². The van der Waals surface area contributed by atoms with Gasteiger partial charge in [-0.05, 0) is 11.1 Å². The summed E-state index contributed by atoms with van der Waals surface area (Å²) in [6.07, 6.45) is -0.00562. The molecule has 0 radical (unpaired) electrons. The minimum atomic E-state index is -0.420. The first-order valence-electron chi connectivity index (χ1n) is 7.67. The molecule has 5 heteroatoms. The van der Waals surface area contributed by atoms with Gasteiger partial charge in [0, 0.05) is 53.2 Å². The van der Waals surface area contributed by atoms with Crippen molar-refractivity contribution in [1.82, 2.24) is 9.80 Å². The number of carbonyl (C=O) groups is 1. The van der Waals surface area contributed by atoms with E-state index in [0.29, 0.717) is 19.6 Å². The molecule has 1 N–H and O–H groups in total. The van der Waals surface area contributed by atoms with Crippen molar-refractivity contribution in [2.75, 3.05) is 34.3 Å². The maximum Gasteiger partial charge on any atom is 0.222 e. The van der Waals surface area contributed by atoms with Crippen LogP contribution in [0.15, 0.2) is 24.3 Å². The first-order chi connectivity index (χ1) is 10.5. The number of β-amino-alcohol motifs (C(OH)–C–C–N with tert-alkyl or cyclic N) is 1. The normalized spacial score (nSPS) is 22.0. The van der Waals surface area contributed by atoms with E-state index in [2.05, 4.69) is 29.2 Å². The van der Waals surface area contributed by atoms with E-state index in [0.717, 1.165) is 18.7 Å². The molecule has 1 amide bonds. The van der Waals surface area contributed by atoms with Crippen molar-refractivity contribution in [2.45, 2.75) is 25.7 Å². The molecule has 0 aliphatic carbocycles. The van der Waals surface area contributed by atoms with Crippen LogP contribution in [0.25, 0.3) is 0 Å². The highest BCUT2D eigenvalue weighted by atomic mass is 16.5. The Morgan fingerprint density at radius 1 is 1.27 bits per heavy atom. The Bertz CT molecular complexity index is 487. The number of benzene rings is 1. The zero-order valence-electron chi connectivity index (χ0n) is 13.7. The van der Waals surface area contributed by atoms with Gasteiger partial charge in [-0.2, -0.15) is 0 Å². The van der Waals surface area contributed by atoms with Gasteiger partial charge in [0.1, 0.15) is 0 Å². The quantitative estimate of drug-likeness (QED) is 0.855. The molecular formula is C17H26N2O3. The summed E-state index contributed by atoms with van der Waals surface area (Å²) in [7, 11) is 5.20. The molecule has 0 bridgehead atoms. The van der Waals surface area contributed by atoms with Crippen LogP contribution < -0.4 is 0 Å². The summed E-state index contributed by atoms with van der Waals surface area (Å²) in [4.78, 5) is 15.6. The van der Waals surface area contributed by atoms with Crippen LogP contribution in [0.2, 0.25) is 0 Å². The number of carbonyl (C=O) groups excluding carboxylic acids is 1. The summed E-state index contributed by atoms with van der Waals surface area (Å²) in [5, 5.41) is 10.2. The van der Waals surface area contributed by atoms with Crippen molar-refractivity contribution in [1.29, 1.82) is 0 Å². The molecule has 1 aliphatic rings. The van der Waals surface area contributed by atoms with E-state index in [1.165, 1.54) is 5.56 Å². The molecule has 0 unspecified atom stereocenters. The number of ether oxygens (including phenoxy) is 1. The second-order valence-electron chi connectivity index (χ2n) is 6.26. The van der Waals surface area contributed by atoms with Crippen LogP contribution in [-0.4, -0.2) is 61.2 Å². The highest BCUT2D eigenvalue weighted by Gasteiger charge is 2.32. The van der Waals surface area contributed by atoms with Crippen molar-refractivity contribution >= 4 is 5.91 Å². The van der Waals surface area contributed by atoms with Crippen molar-refractivity contribution in [3.63, 3.8) is 0 Å². The topological polar surface area (TPSA) is 53.0 Å².